The van der Waals surface area contributed by atoms with Crippen molar-refractivity contribution in [2.45, 2.75) is 88.0 Å². The molecule has 0 aliphatic rings. The fraction of sp³-hybridized carbons (Fsp3) is 0.850. The zero-order valence-corrected chi connectivity index (χ0v) is 16.3. The summed E-state index contributed by atoms with van der Waals surface area (Å²) >= 11 is 0. The summed E-state index contributed by atoms with van der Waals surface area (Å²) in [6, 6.07) is 0. The van der Waals surface area contributed by atoms with Crippen molar-refractivity contribution < 1.29 is 9.90 Å². The van der Waals surface area contributed by atoms with E-state index in [-0.39, 0.29) is 16.2 Å². The molecular weight excluding hydrogens is 272 g/mol. The Balaban J connectivity index is 5.48. The molecule has 2 atom stereocenters. The summed E-state index contributed by atoms with van der Waals surface area (Å²) in [6.07, 6.45) is 8.38. The third-order valence-electron chi connectivity index (χ3n) is 5.52. The van der Waals surface area contributed by atoms with Crippen LogP contribution in [0.2, 0.25) is 0 Å². The van der Waals surface area contributed by atoms with Crippen molar-refractivity contribution in [3.8, 4) is 0 Å². The van der Waals surface area contributed by atoms with E-state index in [0.717, 1.165) is 19.3 Å². The molecule has 0 radical (unpaired) electrons. The maximum atomic E-state index is 11.6. The number of carboxylic acids is 1. The second-order valence-corrected chi connectivity index (χ2v) is 9.22. The first-order valence-electron chi connectivity index (χ1n) is 8.64. The molecule has 22 heavy (non-hydrogen) atoms. The van der Waals surface area contributed by atoms with E-state index in [4.69, 9.17) is 0 Å². The molecule has 0 aliphatic carbocycles. The van der Waals surface area contributed by atoms with Crippen LogP contribution in [0.25, 0.3) is 0 Å². The second-order valence-electron chi connectivity index (χ2n) is 9.22. The van der Waals surface area contributed by atoms with E-state index in [0.29, 0.717) is 6.42 Å². The molecule has 0 aliphatic heterocycles. The van der Waals surface area contributed by atoms with Crippen LogP contribution in [0.5, 0.6) is 0 Å². The van der Waals surface area contributed by atoms with Crippen LogP contribution >= 0.6 is 0 Å². The van der Waals surface area contributed by atoms with Gasteiger partial charge in [-0.15, -0.1) is 0 Å². The molecule has 0 heterocycles. The van der Waals surface area contributed by atoms with Crippen LogP contribution in [0.15, 0.2) is 12.2 Å². The highest BCUT2D eigenvalue weighted by atomic mass is 16.4. The van der Waals surface area contributed by atoms with E-state index >= 15 is 0 Å². The van der Waals surface area contributed by atoms with Crippen LogP contribution in [0.1, 0.15) is 88.0 Å². The van der Waals surface area contributed by atoms with Gasteiger partial charge in [-0.3, -0.25) is 4.79 Å². The molecule has 0 spiro atoms. The third kappa shape index (κ3) is 5.44. The Morgan fingerprint density at radius 3 is 1.77 bits per heavy atom. The molecule has 1 N–H and O–H groups in total. The maximum Gasteiger partial charge on any atom is 0.309 e. The van der Waals surface area contributed by atoms with Crippen molar-refractivity contribution in [3.63, 3.8) is 0 Å². The van der Waals surface area contributed by atoms with Crippen LogP contribution in [0.4, 0.5) is 0 Å². The lowest BCUT2D eigenvalue weighted by atomic mass is 9.57. The summed E-state index contributed by atoms with van der Waals surface area (Å²) in [4.78, 5) is 11.6. The van der Waals surface area contributed by atoms with Crippen LogP contribution < -0.4 is 0 Å². The van der Waals surface area contributed by atoms with E-state index < -0.39 is 11.4 Å². The highest BCUT2D eigenvalue weighted by molar-refractivity contribution is 5.73. The predicted octanol–water partition coefficient (Wildman–Crippen LogP) is 6.31. The first kappa shape index (κ1) is 21.2. The van der Waals surface area contributed by atoms with Gasteiger partial charge in [0.05, 0.1) is 5.41 Å². The van der Waals surface area contributed by atoms with E-state index in [9.17, 15) is 9.90 Å². The summed E-state index contributed by atoms with van der Waals surface area (Å²) in [5.74, 6) is -0.704. The summed E-state index contributed by atoms with van der Waals surface area (Å²) < 4.78 is 0. The van der Waals surface area contributed by atoms with Gasteiger partial charge in [0.2, 0.25) is 0 Å². The fourth-order valence-electron chi connectivity index (χ4n) is 3.20. The monoisotopic (exact) mass is 310 g/mol. The van der Waals surface area contributed by atoms with Gasteiger partial charge in [-0.25, -0.2) is 0 Å². The minimum absolute atomic E-state index is 0.0136. The summed E-state index contributed by atoms with van der Waals surface area (Å²) in [6.45, 7) is 19.4. The van der Waals surface area contributed by atoms with Gasteiger partial charge in [-0.05, 0) is 55.8 Å². The molecule has 2 heteroatoms. The molecule has 0 bridgehead atoms. The largest absolute Gasteiger partial charge is 0.481 e. The number of aliphatic carboxylic acids is 1. The molecule has 0 saturated carbocycles. The summed E-state index contributed by atoms with van der Waals surface area (Å²) in [7, 11) is 0. The topological polar surface area (TPSA) is 37.3 Å². The maximum absolute atomic E-state index is 11.6. The summed E-state index contributed by atoms with van der Waals surface area (Å²) in [5, 5.41) is 9.50. The molecule has 0 aromatic heterocycles. The third-order valence-corrected chi connectivity index (χ3v) is 5.52. The van der Waals surface area contributed by atoms with Gasteiger partial charge in [-0.2, -0.15) is 0 Å². The minimum atomic E-state index is -0.704. The molecule has 130 valence electrons. The Hall–Kier alpha value is -0.790. The lowest BCUT2D eigenvalue weighted by molar-refractivity contribution is -0.150. The first-order chi connectivity index (χ1) is 9.73. The first-order valence-corrected chi connectivity index (χ1v) is 8.64. The van der Waals surface area contributed by atoms with Gasteiger partial charge in [0, 0.05) is 0 Å². The number of hydrogen-bond acceptors (Lipinski definition) is 1. The van der Waals surface area contributed by atoms with Crippen molar-refractivity contribution in [1.82, 2.24) is 0 Å². The van der Waals surface area contributed by atoms with Crippen LogP contribution in [-0.2, 0) is 4.79 Å². The number of carbonyl (C=O) groups is 1. The van der Waals surface area contributed by atoms with E-state index in [1.807, 2.05) is 13.8 Å². The molecule has 2 unspecified atom stereocenters. The Labute approximate surface area is 138 Å². The van der Waals surface area contributed by atoms with Crippen molar-refractivity contribution in [1.29, 1.82) is 0 Å². The number of carboxylic acid groups (broad SMARTS) is 1. The van der Waals surface area contributed by atoms with Gasteiger partial charge in [0.25, 0.3) is 0 Å². The highest BCUT2D eigenvalue weighted by Gasteiger charge is 2.45. The quantitative estimate of drug-likeness (QED) is 0.533. The molecule has 0 saturated heterocycles. The van der Waals surface area contributed by atoms with Crippen molar-refractivity contribution in [2.24, 2.45) is 21.7 Å². The standard InChI is InChI=1S/C20H38O2/c1-10-19(8,14-12-13-17(3,4)5)20(9,11-2)15-18(6,7)16(21)22/h12,14H,10-11,13,15H2,1-9H3,(H,21,22). The molecule has 0 aromatic rings. The summed E-state index contributed by atoms with van der Waals surface area (Å²) in [5.41, 5.74) is -0.426. The zero-order valence-electron chi connectivity index (χ0n) is 16.3. The van der Waals surface area contributed by atoms with Gasteiger partial charge in [0.15, 0.2) is 0 Å². The van der Waals surface area contributed by atoms with Crippen molar-refractivity contribution in [2.75, 3.05) is 0 Å². The minimum Gasteiger partial charge on any atom is -0.481 e. The van der Waals surface area contributed by atoms with Crippen LogP contribution in [0, 0.1) is 21.7 Å². The van der Waals surface area contributed by atoms with E-state index in [2.05, 4.69) is 60.6 Å². The highest BCUT2D eigenvalue weighted by Crippen LogP contribution is 2.52. The Bertz CT molecular complexity index is 400. The second kappa shape index (κ2) is 7.19. The number of allylic oxidation sites excluding steroid dienone is 2. The lowest BCUT2D eigenvalue weighted by Gasteiger charge is -2.47. The average molecular weight is 311 g/mol. The Kier molecular flexibility index (Phi) is 6.93. The van der Waals surface area contributed by atoms with E-state index in [1.165, 1.54) is 0 Å². The zero-order chi connectivity index (χ0) is 17.8. The molecular formula is C20H38O2. The van der Waals surface area contributed by atoms with Crippen LogP contribution in [-0.4, -0.2) is 11.1 Å². The van der Waals surface area contributed by atoms with Gasteiger partial charge < -0.3 is 5.11 Å². The van der Waals surface area contributed by atoms with Gasteiger partial charge in [0.1, 0.15) is 0 Å². The lowest BCUT2D eigenvalue weighted by Crippen LogP contribution is -2.41. The average Bonchev–Trinajstić information content (AvgIpc) is 2.35. The van der Waals surface area contributed by atoms with Crippen LogP contribution in [0.3, 0.4) is 0 Å². The molecule has 0 aromatic carbocycles. The van der Waals surface area contributed by atoms with Gasteiger partial charge >= 0.3 is 5.97 Å². The normalized spacial score (nSPS) is 19.0. The van der Waals surface area contributed by atoms with Crippen molar-refractivity contribution in [3.05, 3.63) is 12.2 Å². The Morgan fingerprint density at radius 1 is 0.955 bits per heavy atom. The predicted molar refractivity (Wildman–Crippen MR) is 96.0 cm³/mol. The Morgan fingerprint density at radius 2 is 1.45 bits per heavy atom. The van der Waals surface area contributed by atoms with Crippen molar-refractivity contribution >= 4 is 5.97 Å². The SMILES string of the molecule is CCC(C)(C=CCC(C)(C)C)C(C)(CC)CC(C)(C)C(=O)O. The smallest absolute Gasteiger partial charge is 0.309 e. The van der Waals surface area contributed by atoms with Gasteiger partial charge in [-0.1, -0.05) is 60.6 Å². The number of hydrogen-bond donors (Lipinski definition) is 1. The molecule has 0 rings (SSSR count). The fourth-order valence-corrected chi connectivity index (χ4v) is 3.20. The molecule has 0 amide bonds. The van der Waals surface area contributed by atoms with E-state index in [1.54, 1.807) is 0 Å². The number of rotatable bonds is 8. The molecule has 0 fully saturated rings. The molecule has 2 nitrogen and oxygen atoms in total.